The lowest BCUT2D eigenvalue weighted by Gasteiger charge is -2.15. The molecule has 0 bridgehead atoms. The van der Waals surface area contributed by atoms with Crippen molar-refractivity contribution in [3.8, 4) is 0 Å². The second-order valence-corrected chi connectivity index (χ2v) is 7.91. The largest absolute Gasteiger partial charge is 0.325 e. The number of benzene rings is 1. The zero-order valence-electron chi connectivity index (χ0n) is 17.3. The summed E-state index contributed by atoms with van der Waals surface area (Å²) in [5.41, 5.74) is 4.95. The predicted octanol–water partition coefficient (Wildman–Crippen LogP) is 3.28. The van der Waals surface area contributed by atoms with Gasteiger partial charge in [-0.25, -0.2) is 4.99 Å². The molecule has 0 unspecified atom stereocenters. The van der Waals surface area contributed by atoms with Crippen LogP contribution in [0.2, 0.25) is 0 Å². The van der Waals surface area contributed by atoms with Crippen LogP contribution in [0.4, 0.5) is 5.69 Å². The number of carbonyl (C=O) groups excluding carboxylic acids is 2. The van der Waals surface area contributed by atoms with Gasteiger partial charge in [-0.15, -0.1) is 0 Å². The Labute approximate surface area is 174 Å². The van der Waals surface area contributed by atoms with E-state index in [0.29, 0.717) is 17.4 Å². The topological polar surface area (TPSA) is 79.6 Å². The minimum absolute atomic E-state index is 0.129. The van der Waals surface area contributed by atoms with Crippen LogP contribution in [0.1, 0.15) is 29.3 Å². The molecule has 1 aliphatic heterocycles. The number of aliphatic imine (C=N–C) groups is 1. The number of anilines is 1. The van der Waals surface area contributed by atoms with Gasteiger partial charge in [0.2, 0.25) is 5.91 Å². The third-order valence-electron chi connectivity index (χ3n) is 4.57. The Morgan fingerprint density at radius 1 is 1.28 bits per heavy atom. The number of nitrogens with zero attached hydrogens (tertiary/aromatic N) is 4. The van der Waals surface area contributed by atoms with E-state index in [1.807, 2.05) is 59.1 Å². The van der Waals surface area contributed by atoms with E-state index in [1.54, 1.807) is 15.7 Å². The lowest BCUT2D eigenvalue weighted by atomic mass is 10.1. The van der Waals surface area contributed by atoms with Crippen molar-refractivity contribution in [1.82, 2.24) is 14.7 Å². The van der Waals surface area contributed by atoms with Gasteiger partial charge in [-0.1, -0.05) is 23.9 Å². The molecule has 2 aromatic rings. The highest BCUT2D eigenvalue weighted by Crippen LogP contribution is 2.25. The Morgan fingerprint density at radius 2 is 2.03 bits per heavy atom. The Balaban J connectivity index is 1.71. The van der Waals surface area contributed by atoms with Gasteiger partial charge in [-0.05, 0) is 51.0 Å². The number of amides is 2. The Bertz CT molecular complexity index is 1020. The summed E-state index contributed by atoms with van der Waals surface area (Å²) in [6.07, 6.45) is 3.60. The number of nitrogens with one attached hydrogen (secondary N) is 1. The van der Waals surface area contributed by atoms with Crippen LogP contribution >= 0.6 is 11.8 Å². The maximum atomic E-state index is 12.7. The number of hydrogen-bond acceptors (Lipinski definition) is 5. The molecule has 0 saturated carbocycles. The van der Waals surface area contributed by atoms with Crippen LogP contribution in [-0.2, 0) is 16.6 Å². The maximum absolute atomic E-state index is 12.7. The SMILES string of the molecule is CCN1C(=O)/C(=C\c2cn(C)nc2C)N=C1SCC(=O)Nc1cc(C)ccc1C. The number of aromatic nitrogens is 2. The first-order valence-corrected chi connectivity index (χ1v) is 10.4. The third kappa shape index (κ3) is 4.76. The van der Waals surface area contributed by atoms with Gasteiger partial charge in [-0.3, -0.25) is 19.2 Å². The number of likely N-dealkylation sites (N-methyl/N-ethyl adjacent to an activating group) is 1. The molecule has 29 heavy (non-hydrogen) atoms. The minimum Gasteiger partial charge on any atom is -0.325 e. The van der Waals surface area contributed by atoms with E-state index in [0.717, 1.165) is 28.1 Å². The third-order valence-corrected chi connectivity index (χ3v) is 5.55. The predicted molar refractivity (Wildman–Crippen MR) is 118 cm³/mol. The molecule has 2 amide bonds. The van der Waals surface area contributed by atoms with Gasteiger partial charge in [0, 0.05) is 31.0 Å². The fraction of sp³-hybridized carbons (Fsp3) is 0.333. The molecule has 1 aromatic carbocycles. The van der Waals surface area contributed by atoms with E-state index >= 15 is 0 Å². The van der Waals surface area contributed by atoms with Crippen LogP contribution in [-0.4, -0.2) is 44.0 Å². The van der Waals surface area contributed by atoms with Gasteiger partial charge >= 0.3 is 0 Å². The van der Waals surface area contributed by atoms with Crippen LogP contribution in [0.25, 0.3) is 6.08 Å². The van der Waals surface area contributed by atoms with E-state index in [9.17, 15) is 9.59 Å². The quantitative estimate of drug-likeness (QED) is 0.766. The molecule has 7 nitrogen and oxygen atoms in total. The van der Waals surface area contributed by atoms with Crippen LogP contribution in [0.3, 0.4) is 0 Å². The molecule has 0 saturated heterocycles. The molecule has 3 rings (SSSR count). The van der Waals surface area contributed by atoms with Gasteiger partial charge in [0.15, 0.2) is 5.17 Å². The molecule has 1 aliphatic rings. The van der Waals surface area contributed by atoms with Gasteiger partial charge in [-0.2, -0.15) is 5.10 Å². The van der Waals surface area contributed by atoms with Gasteiger partial charge in [0.1, 0.15) is 5.70 Å². The van der Waals surface area contributed by atoms with Crippen molar-refractivity contribution in [2.45, 2.75) is 27.7 Å². The molecular weight excluding hydrogens is 386 g/mol. The highest BCUT2D eigenvalue weighted by molar-refractivity contribution is 8.14. The lowest BCUT2D eigenvalue weighted by Crippen LogP contribution is -2.31. The molecule has 0 spiro atoms. The summed E-state index contributed by atoms with van der Waals surface area (Å²) in [7, 11) is 1.84. The first-order chi connectivity index (χ1) is 13.8. The van der Waals surface area contributed by atoms with Crippen molar-refractivity contribution in [3.05, 3.63) is 52.5 Å². The summed E-state index contributed by atoms with van der Waals surface area (Å²) in [5.74, 6) is -0.113. The van der Waals surface area contributed by atoms with Gasteiger partial charge in [0.25, 0.3) is 5.91 Å². The number of rotatable bonds is 5. The summed E-state index contributed by atoms with van der Waals surface area (Å²) in [4.78, 5) is 31.2. The number of hydrogen-bond donors (Lipinski definition) is 1. The van der Waals surface area contributed by atoms with Crippen molar-refractivity contribution in [3.63, 3.8) is 0 Å². The van der Waals surface area contributed by atoms with Crippen molar-refractivity contribution in [2.75, 3.05) is 17.6 Å². The molecule has 8 heteroatoms. The van der Waals surface area contributed by atoms with E-state index in [-0.39, 0.29) is 17.6 Å². The van der Waals surface area contributed by atoms with Crippen LogP contribution in [0.15, 0.2) is 35.1 Å². The molecule has 0 aliphatic carbocycles. The molecule has 0 atom stereocenters. The molecule has 0 radical (unpaired) electrons. The number of carbonyl (C=O) groups is 2. The summed E-state index contributed by atoms with van der Waals surface area (Å²) in [5, 5.41) is 7.77. The monoisotopic (exact) mass is 411 g/mol. The normalized spacial score (nSPS) is 15.2. The molecule has 0 fully saturated rings. The fourth-order valence-corrected chi connectivity index (χ4v) is 3.88. The van der Waals surface area contributed by atoms with Crippen molar-refractivity contribution in [2.24, 2.45) is 12.0 Å². The summed E-state index contributed by atoms with van der Waals surface area (Å²) >= 11 is 1.26. The smallest absolute Gasteiger partial charge is 0.278 e. The molecular formula is C21H25N5O2S. The van der Waals surface area contributed by atoms with Gasteiger partial charge < -0.3 is 5.32 Å². The van der Waals surface area contributed by atoms with E-state index < -0.39 is 0 Å². The van der Waals surface area contributed by atoms with E-state index in [4.69, 9.17) is 0 Å². The summed E-state index contributed by atoms with van der Waals surface area (Å²) in [6.45, 7) is 8.22. The molecule has 1 aromatic heterocycles. The second kappa shape index (κ2) is 8.65. The zero-order valence-corrected chi connectivity index (χ0v) is 18.1. The first-order valence-electron chi connectivity index (χ1n) is 9.41. The number of amidine groups is 1. The Morgan fingerprint density at radius 3 is 2.69 bits per heavy atom. The number of aryl methyl sites for hydroxylation is 4. The highest BCUT2D eigenvalue weighted by atomic mass is 32.2. The Hall–Kier alpha value is -2.87. The standard InChI is InChI=1S/C21H25N5O2S/c1-6-26-20(28)18(10-16-11-25(5)24-15(16)4)23-21(26)29-12-19(27)22-17-9-13(2)7-8-14(17)3/h7-11H,6,12H2,1-5H3,(H,22,27)/b18-10+. The maximum Gasteiger partial charge on any atom is 0.278 e. The highest BCUT2D eigenvalue weighted by Gasteiger charge is 2.30. The minimum atomic E-state index is -0.159. The summed E-state index contributed by atoms with van der Waals surface area (Å²) in [6, 6.07) is 5.94. The van der Waals surface area contributed by atoms with Crippen molar-refractivity contribution < 1.29 is 9.59 Å². The average molecular weight is 412 g/mol. The molecule has 1 N–H and O–H groups in total. The molecule has 152 valence electrons. The first kappa shape index (κ1) is 20.9. The lowest BCUT2D eigenvalue weighted by molar-refractivity contribution is -0.122. The van der Waals surface area contributed by atoms with E-state index in [2.05, 4.69) is 15.4 Å². The van der Waals surface area contributed by atoms with Crippen LogP contribution < -0.4 is 5.32 Å². The number of thioether (sulfide) groups is 1. The van der Waals surface area contributed by atoms with Crippen molar-refractivity contribution >= 4 is 40.5 Å². The van der Waals surface area contributed by atoms with E-state index in [1.165, 1.54) is 11.8 Å². The van der Waals surface area contributed by atoms with Crippen LogP contribution in [0.5, 0.6) is 0 Å². The summed E-state index contributed by atoms with van der Waals surface area (Å²) < 4.78 is 1.70. The Kier molecular flexibility index (Phi) is 6.22. The van der Waals surface area contributed by atoms with Gasteiger partial charge in [0.05, 0.1) is 11.4 Å². The molecule has 2 heterocycles. The van der Waals surface area contributed by atoms with Crippen molar-refractivity contribution in [1.29, 1.82) is 0 Å². The zero-order chi connectivity index (χ0) is 21.1. The average Bonchev–Trinajstić information content (AvgIpc) is 3.14. The van der Waals surface area contributed by atoms with Crippen LogP contribution in [0, 0.1) is 20.8 Å². The second-order valence-electron chi connectivity index (χ2n) is 6.97. The fourth-order valence-electron chi connectivity index (χ4n) is 3.01.